The summed E-state index contributed by atoms with van der Waals surface area (Å²) in [5.74, 6) is -0.367. The van der Waals surface area contributed by atoms with Crippen molar-refractivity contribution >= 4 is 47.0 Å². The molecule has 3 N–H and O–H groups in total. The molecule has 2 aromatic carbocycles. The fourth-order valence-electron chi connectivity index (χ4n) is 3.05. The summed E-state index contributed by atoms with van der Waals surface area (Å²) in [6.45, 7) is 1.95. The molecule has 30 heavy (non-hydrogen) atoms. The lowest BCUT2D eigenvalue weighted by Crippen LogP contribution is -2.31. The van der Waals surface area contributed by atoms with E-state index in [4.69, 9.17) is 16.0 Å². The normalized spacial score (nSPS) is 17.2. The summed E-state index contributed by atoms with van der Waals surface area (Å²) in [5, 5.41) is 16.1. The zero-order valence-corrected chi connectivity index (χ0v) is 17.4. The maximum absolute atomic E-state index is 12.4. The summed E-state index contributed by atoms with van der Waals surface area (Å²) >= 11 is 7.38. The quantitative estimate of drug-likeness (QED) is 0.472. The molecule has 4 rings (SSSR count). The Bertz CT molecular complexity index is 1170. The number of carbonyl (C=O) groups excluding carboxylic acids is 1. The van der Waals surface area contributed by atoms with Crippen LogP contribution < -0.4 is 10.6 Å². The number of anilines is 1. The first kappa shape index (κ1) is 20.1. The van der Waals surface area contributed by atoms with Gasteiger partial charge >= 0.3 is 5.97 Å². The van der Waals surface area contributed by atoms with Crippen LogP contribution in [0.2, 0.25) is 5.02 Å². The van der Waals surface area contributed by atoms with Gasteiger partial charge in [0.05, 0.1) is 10.5 Å². The van der Waals surface area contributed by atoms with Gasteiger partial charge in [0.25, 0.3) is 5.91 Å². The van der Waals surface area contributed by atoms with Gasteiger partial charge < -0.3 is 20.2 Å². The fourth-order valence-corrected chi connectivity index (χ4v) is 4.17. The Hall–Kier alpha value is -3.16. The van der Waals surface area contributed by atoms with E-state index in [0.717, 1.165) is 11.3 Å². The Morgan fingerprint density at radius 3 is 2.83 bits per heavy atom. The Balaban J connectivity index is 1.53. The van der Waals surface area contributed by atoms with Gasteiger partial charge in [0.1, 0.15) is 11.5 Å². The molecule has 0 bridgehead atoms. The minimum absolute atomic E-state index is 0.153. The van der Waals surface area contributed by atoms with Gasteiger partial charge in [-0.2, -0.15) is 0 Å². The van der Waals surface area contributed by atoms with Gasteiger partial charge in [-0.3, -0.25) is 4.79 Å². The van der Waals surface area contributed by atoms with Crippen LogP contribution in [0.25, 0.3) is 17.4 Å². The van der Waals surface area contributed by atoms with Gasteiger partial charge in [-0.05, 0) is 42.8 Å². The molecule has 0 radical (unpaired) electrons. The molecule has 1 amide bonds. The smallest absolute Gasteiger partial charge is 0.336 e. The Kier molecular flexibility index (Phi) is 5.57. The molecular formula is C22H17ClN2O4S. The highest BCUT2D eigenvalue weighted by atomic mass is 35.5. The molecule has 152 valence electrons. The Morgan fingerprint density at radius 2 is 2.03 bits per heavy atom. The van der Waals surface area contributed by atoms with Crippen molar-refractivity contribution in [1.82, 2.24) is 5.32 Å². The fraction of sp³-hybridized carbons (Fsp3) is 0.0909. The van der Waals surface area contributed by atoms with Gasteiger partial charge in [-0.15, -0.1) is 0 Å². The number of hydrogen-bond donors (Lipinski definition) is 3. The summed E-state index contributed by atoms with van der Waals surface area (Å²) in [7, 11) is 0. The van der Waals surface area contributed by atoms with E-state index in [0.29, 0.717) is 27.0 Å². The predicted molar refractivity (Wildman–Crippen MR) is 118 cm³/mol. The summed E-state index contributed by atoms with van der Waals surface area (Å²) in [4.78, 5) is 24.3. The van der Waals surface area contributed by atoms with Gasteiger partial charge in [0.2, 0.25) is 0 Å². The van der Waals surface area contributed by atoms with Crippen LogP contribution in [0, 0.1) is 6.92 Å². The maximum atomic E-state index is 12.4. The number of aromatic carboxylic acids is 1. The zero-order chi connectivity index (χ0) is 21.3. The summed E-state index contributed by atoms with van der Waals surface area (Å²) in [6.07, 6.45) is 1.64. The minimum atomic E-state index is -1.03. The van der Waals surface area contributed by atoms with Crippen molar-refractivity contribution in [2.45, 2.75) is 12.4 Å². The molecule has 1 fully saturated rings. The molecule has 1 aromatic heterocycles. The number of benzene rings is 2. The van der Waals surface area contributed by atoms with Crippen molar-refractivity contribution in [3.8, 4) is 11.3 Å². The number of aryl methyl sites for hydroxylation is 1. The number of thioether (sulfide) groups is 1. The second-order valence-corrected chi connectivity index (χ2v) is 8.22. The van der Waals surface area contributed by atoms with Gasteiger partial charge in [0.15, 0.2) is 5.50 Å². The highest BCUT2D eigenvalue weighted by Gasteiger charge is 2.28. The highest BCUT2D eigenvalue weighted by Crippen LogP contribution is 2.33. The SMILES string of the molecule is Cc1ccc(Cl)cc1NC1NC(=O)/C(=C/c2ccc(-c3ccccc3C(=O)O)o2)S1. The highest BCUT2D eigenvalue weighted by molar-refractivity contribution is 8.05. The standard InChI is InChI=1S/C22H17ClN2O4S/c1-12-6-7-13(23)10-17(12)24-22-25-20(26)19(30-22)11-14-8-9-18(29-14)15-4-2-3-5-16(15)21(27)28/h2-11,22,24H,1H3,(H,25,26)(H,27,28)/b19-11-. The number of halogens is 1. The molecule has 1 aliphatic rings. The van der Waals surface area contributed by atoms with Crippen LogP contribution in [0.4, 0.5) is 5.69 Å². The molecule has 2 heterocycles. The number of carboxylic acids is 1. The lowest BCUT2D eigenvalue weighted by Gasteiger charge is -2.15. The van der Waals surface area contributed by atoms with Gasteiger partial charge in [-0.1, -0.05) is 47.6 Å². The topological polar surface area (TPSA) is 91.6 Å². The van der Waals surface area contributed by atoms with E-state index >= 15 is 0 Å². The van der Waals surface area contributed by atoms with E-state index in [9.17, 15) is 14.7 Å². The molecule has 1 unspecified atom stereocenters. The molecule has 1 aliphatic heterocycles. The minimum Gasteiger partial charge on any atom is -0.478 e. The van der Waals surface area contributed by atoms with Crippen LogP contribution in [-0.2, 0) is 4.79 Å². The molecule has 0 spiro atoms. The lowest BCUT2D eigenvalue weighted by atomic mass is 10.1. The maximum Gasteiger partial charge on any atom is 0.336 e. The second-order valence-electron chi connectivity index (χ2n) is 6.64. The van der Waals surface area contributed by atoms with Crippen LogP contribution in [0.15, 0.2) is 63.9 Å². The molecule has 6 nitrogen and oxygen atoms in total. The van der Waals surface area contributed by atoms with Crippen molar-refractivity contribution < 1.29 is 19.1 Å². The van der Waals surface area contributed by atoms with Crippen molar-refractivity contribution in [3.05, 3.63) is 81.4 Å². The molecular weight excluding hydrogens is 424 g/mol. The average Bonchev–Trinajstić information content (AvgIpc) is 3.31. The first-order valence-corrected chi connectivity index (χ1v) is 10.3. The van der Waals surface area contributed by atoms with E-state index in [1.807, 2.05) is 25.1 Å². The summed E-state index contributed by atoms with van der Waals surface area (Å²) < 4.78 is 5.79. The molecule has 8 heteroatoms. The lowest BCUT2D eigenvalue weighted by molar-refractivity contribution is -0.116. The van der Waals surface area contributed by atoms with Crippen molar-refractivity contribution in [3.63, 3.8) is 0 Å². The molecule has 0 aliphatic carbocycles. The Morgan fingerprint density at radius 1 is 1.23 bits per heavy atom. The molecule has 3 aromatic rings. The zero-order valence-electron chi connectivity index (χ0n) is 15.8. The number of amides is 1. The second kappa shape index (κ2) is 8.30. The van der Waals surface area contributed by atoms with E-state index < -0.39 is 5.97 Å². The van der Waals surface area contributed by atoms with Gasteiger partial charge in [0, 0.05) is 22.3 Å². The van der Waals surface area contributed by atoms with Crippen molar-refractivity contribution in [1.29, 1.82) is 0 Å². The van der Waals surface area contributed by atoms with Crippen LogP contribution in [0.3, 0.4) is 0 Å². The van der Waals surface area contributed by atoms with E-state index in [2.05, 4.69) is 10.6 Å². The number of carboxylic acid groups (broad SMARTS) is 1. The molecule has 1 atom stereocenters. The first-order valence-electron chi connectivity index (χ1n) is 9.05. The number of hydrogen-bond acceptors (Lipinski definition) is 5. The predicted octanol–water partition coefficient (Wildman–Crippen LogP) is 5.21. The van der Waals surface area contributed by atoms with Crippen LogP contribution in [0.5, 0.6) is 0 Å². The number of rotatable bonds is 5. The van der Waals surface area contributed by atoms with Gasteiger partial charge in [-0.25, -0.2) is 4.79 Å². The summed E-state index contributed by atoms with van der Waals surface area (Å²) in [5.41, 5.74) is 2.14. The van der Waals surface area contributed by atoms with Crippen molar-refractivity contribution in [2.75, 3.05) is 5.32 Å². The monoisotopic (exact) mass is 440 g/mol. The number of carbonyl (C=O) groups is 2. The molecule has 1 saturated heterocycles. The van der Waals surface area contributed by atoms with Crippen LogP contribution in [-0.4, -0.2) is 22.5 Å². The van der Waals surface area contributed by atoms with Crippen LogP contribution in [0.1, 0.15) is 21.7 Å². The average molecular weight is 441 g/mol. The molecule has 0 saturated carbocycles. The van der Waals surface area contributed by atoms with Crippen molar-refractivity contribution in [2.24, 2.45) is 0 Å². The Labute approximate surface area is 181 Å². The summed E-state index contributed by atoms with van der Waals surface area (Å²) in [6, 6.07) is 15.5. The van der Waals surface area contributed by atoms with E-state index in [1.54, 1.807) is 36.4 Å². The number of nitrogens with one attached hydrogen (secondary N) is 2. The third kappa shape index (κ3) is 4.22. The number of furan rings is 1. The van der Waals surface area contributed by atoms with E-state index in [-0.39, 0.29) is 17.0 Å². The largest absolute Gasteiger partial charge is 0.478 e. The van der Waals surface area contributed by atoms with Crippen LogP contribution >= 0.6 is 23.4 Å². The third-order valence-corrected chi connectivity index (χ3v) is 5.80. The third-order valence-electron chi connectivity index (χ3n) is 4.54. The van der Waals surface area contributed by atoms with E-state index in [1.165, 1.54) is 17.8 Å². The first-order chi connectivity index (χ1) is 14.4.